The highest BCUT2D eigenvalue weighted by Gasteiger charge is 2.25. The first-order valence-electron chi connectivity index (χ1n) is 4.82. The number of amides is 1. The first-order valence-corrected chi connectivity index (χ1v) is 5.94. The Kier molecular flexibility index (Phi) is 3.90. The van der Waals surface area contributed by atoms with Crippen molar-refractivity contribution in [1.29, 1.82) is 0 Å². The summed E-state index contributed by atoms with van der Waals surface area (Å²) in [5.74, 6) is 0.401. The molecule has 0 fully saturated rings. The number of carbonyl (C=O) groups is 1. The van der Waals surface area contributed by atoms with Gasteiger partial charge in [0.05, 0.1) is 6.20 Å². The fraction of sp³-hybridized carbons (Fsp3) is 0.600. The number of nitrogens with one attached hydrogen (secondary N) is 1. The molecule has 84 valence electrons. The number of aromatic nitrogens is 1. The molecule has 0 saturated heterocycles. The van der Waals surface area contributed by atoms with Crippen LogP contribution in [-0.2, 0) is 0 Å². The average molecular weight is 275 g/mol. The average Bonchev–Trinajstić information content (AvgIpc) is 2.64. The van der Waals surface area contributed by atoms with E-state index in [4.69, 9.17) is 4.52 Å². The van der Waals surface area contributed by atoms with Gasteiger partial charge in [0.15, 0.2) is 0 Å². The molecule has 1 rings (SSSR count). The summed E-state index contributed by atoms with van der Waals surface area (Å²) in [5.41, 5.74) is 0.261. The van der Waals surface area contributed by atoms with Crippen LogP contribution in [0.4, 0.5) is 0 Å². The van der Waals surface area contributed by atoms with Crippen LogP contribution in [0.15, 0.2) is 10.7 Å². The molecule has 1 unspecified atom stereocenters. The topological polar surface area (TPSA) is 55.1 Å². The molecule has 0 aliphatic heterocycles. The van der Waals surface area contributed by atoms with E-state index in [1.807, 2.05) is 13.8 Å². The molecule has 4 nitrogen and oxygen atoms in total. The second-order valence-corrected chi connectivity index (χ2v) is 4.36. The molecule has 1 aromatic heterocycles. The Morgan fingerprint density at radius 1 is 1.73 bits per heavy atom. The SMILES string of the molecule is CCC(C)(CBr)NC(=O)c1cnoc1C. The standard InChI is InChI=1S/C10H15BrN2O2/c1-4-10(3,6-11)13-9(14)8-5-12-15-7(8)2/h5H,4,6H2,1-3H3,(H,13,14). The van der Waals surface area contributed by atoms with E-state index in [1.165, 1.54) is 6.20 Å². The van der Waals surface area contributed by atoms with E-state index in [2.05, 4.69) is 26.4 Å². The number of halogens is 1. The van der Waals surface area contributed by atoms with E-state index >= 15 is 0 Å². The van der Waals surface area contributed by atoms with Gasteiger partial charge in [-0.15, -0.1) is 0 Å². The number of aryl methyl sites for hydroxylation is 1. The Morgan fingerprint density at radius 2 is 2.40 bits per heavy atom. The molecule has 0 aliphatic rings. The van der Waals surface area contributed by atoms with Crippen LogP contribution in [0.3, 0.4) is 0 Å². The Labute approximate surface area is 97.5 Å². The van der Waals surface area contributed by atoms with Crippen molar-refractivity contribution >= 4 is 21.8 Å². The van der Waals surface area contributed by atoms with Crippen LogP contribution >= 0.6 is 15.9 Å². The molecule has 1 N–H and O–H groups in total. The van der Waals surface area contributed by atoms with Crippen molar-refractivity contribution in [2.75, 3.05) is 5.33 Å². The molecule has 0 aliphatic carbocycles. The Morgan fingerprint density at radius 3 is 2.80 bits per heavy atom. The van der Waals surface area contributed by atoms with Crippen LogP contribution in [0.5, 0.6) is 0 Å². The van der Waals surface area contributed by atoms with Crippen LogP contribution < -0.4 is 5.32 Å². The smallest absolute Gasteiger partial charge is 0.256 e. The summed E-state index contributed by atoms with van der Waals surface area (Å²) in [5, 5.41) is 7.24. The molecular weight excluding hydrogens is 260 g/mol. The van der Waals surface area contributed by atoms with Crippen molar-refractivity contribution in [3.8, 4) is 0 Å². The lowest BCUT2D eigenvalue weighted by atomic mass is 10.0. The zero-order valence-corrected chi connectivity index (χ0v) is 10.7. The number of hydrogen-bond donors (Lipinski definition) is 1. The van der Waals surface area contributed by atoms with Crippen LogP contribution in [0, 0.1) is 6.92 Å². The third-order valence-electron chi connectivity index (χ3n) is 2.49. The van der Waals surface area contributed by atoms with Gasteiger partial charge in [-0.25, -0.2) is 0 Å². The minimum atomic E-state index is -0.235. The van der Waals surface area contributed by atoms with Gasteiger partial charge in [-0.05, 0) is 20.3 Å². The van der Waals surface area contributed by atoms with Gasteiger partial charge in [-0.2, -0.15) is 0 Å². The lowest BCUT2D eigenvalue weighted by Crippen LogP contribution is -2.47. The summed E-state index contributed by atoms with van der Waals surface area (Å²) in [6.45, 7) is 5.74. The molecule has 15 heavy (non-hydrogen) atoms. The first-order chi connectivity index (χ1) is 7.02. The highest BCUT2D eigenvalue weighted by atomic mass is 79.9. The van der Waals surface area contributed by atoms with Gasteiger partial charge in [-0.1, -0.05) is 28.0 Å². The van der Waals surface area contributed by atoms with Gasteiger partial charge < -0.3 is 9.84 Å². The zero-order valence-electron chi connectivity index (χ0n) is 9.13. The predicted molar refractivity (Wildman–Crippen MR) is 61.2 cm³/mol. The number of rotatable bonds is 4. The highest BCUT2D eigenvalue weighted by molar-refractivity contribution is 9.09. The molecule has 1 atom stereocenters. The Hall–Kier alpha value is -0.840. The number of carbonyl (C=O) groups excluding carboxylic acids is 1. The van der Waals surface area contributed by atoms with Crippen molar-refractivity contribution < 1.29 is 9.32 Å². The fourth-order valence-electron chi connectivity index (χ4n) is 1.07. The molecule has 1 heterocycles. The summed E-state index contributed by atoms with van der Waals surface area (Å²) in [4.78, 5) is 11.8. The molecular formula is C10H15BrN2O2. The molecule has 0 bridgehead atoms. The largest absolute Gasteiger partial charge is 0.361 e. The second-order valence-electron chi connectivity index (χ2n) is 3.80. The van der Waals surface area contributed by atoms with Crippen LogP contribution in [0.2, 0.25) is 0 Å². The number of hydrogen-bond acceptors (Lipinski definition) is 3. The maximum absolute atomic E-state index is 11.8. The van der Waals surface area contributed by atoms with Crippen LogP contribution in [-0.4, -0.2) is 21.9 Å². The first kappa shape index (κ1) is 12.2. The van der Waals surface area contributed by atoms with E-state index in [0.29, 0.717) is 16.7 Å². The van der Waals surface area contributed by atoms with E-state index < -0.39 is 0 Å². The van der Waals surface area contributed by atoms with E-state index in [9.17, 15) is 4.79 Å². The van der Waals surface area contributed by atoms with Gasteiger partial charge >= 0.3 is 0 Å². The second kappa shape index (κ2) is 4.79. The van der Waals surface area contributed by atoms with Crippen molar-refractivity contribution in [2.45, 2.75) is 32.7 Å². The lowest BCUT2D eigenvalue weighted by Gasteiger charge is -2.26. The minimum Gasteiger partial charge on any atom is -0.361 e. The monoisotopic (exact) mass is 274 g/mol. The minimum absolute atomic E-state index is 0.141. The molecule has 1 aromatic rings. The highest BCUT2D eigenvalue weighted by Crippen LogP contribution is 2.14. The van der Waals surface area contributed by atoms with Gasteiger partial charge in [0.25, 0.3) is 5.91 Å². The normalized spacial score (nSPS) is 14.7. The number of nitrogens with zero attached hydrogens (tertiary/aromatic N) is 1. The van der Waals surface area contributed by atoms with E-state index in [0.717, 1.165) is 6.42 Å². The summed E-state index contributed by atoms with van der Waals surface area (Å²) in [6.07, 6.45) is 2.29. The molecule has 5 heteroatoms. The van der Waals surface area contributed by atoms with Gasteiger partial charge in [0.1, 0.15) is 11.3 Å². The van der Waals surface area contributed by atoms with Crippen LogP contribution in [0.1, 0.15) is 36.4 Å². The van der Waals surface area contributed by atoms with Crippen molar-refractivity contribution in [2.24, 2.45) is 0 Å². The maximum Gasteiger partial charge on any atom is 0.256 e. The molecule has 0 aromatic carbocycles. The van der Waals surface area contributed by atoms with Gasteiger partial charge in [-0.3, -0.25) is 4.79 Å². The molecule has 0 radical (unpaired) electrons. The van der Waals surface area contributed by atoms with E-state index in [-0.39, 0.29) is 11.4 Å². The Bertz CT molecular complexity index is 345. The van der Waals surface area contributed by atoms with Crippen LogP contribution in [0.25, 0.3) is 0 Å². The third kappa shape index (κ3) is 2.81. The zero-order chi connectivity index (χ0) is 11.5. The summed E-state index contributed by atoms with van der Waals surface area (Å²) in [6, 6.07) is 0. The van der Waals surface area contributed by atoms with E-state index in [1.54, 1.807) is 6.92 Å². The predicted octanol–water partition coefficient (Wildman–Crippen LogP) is 2.28. The van der Waals surface area contributed by atoms with Gasteiger partial charge in [0, 0.05) is 10.9 Å². The van der Waals surface area contributed by atoms with Gasteiger partial charge in [0.2, 0.25) is 0 Å². The summed E-state index contributed by atoms with van der Waals surface area (Å²) < 4.78 is 4.84. The molecule has 0 saturated carbocycles. The fourth-order valence-corrected chi connectivity index (χ4v) is 1.61. The summed E-state index contributed by atoms with van der Waals surface area (Å²) >= 11 is 3.39. The maximum atomic E-state index is 11.8. The van der Waals surface area contributed by atoms with Crippen molar-refractivity contribution in [3.05, 3.63) is 17.5 Å². The van der Waals surface area contributed by atoms with Crippen molar-refractivity contribution in [1.82, 2.24) is 10.5 Å². The Balaban J connectivity index is 2.76. The van der Waals surface area contributed by atoms with Crippen molar-refractivity contribution in [3.63, 3.8) is 0 Å². The molecule has 1 amide bonds. The summed E-state index contributed by atoms with van der Waals surface area (Å²) in [7, 11) is 0. The number of alkyl halides is 1. The third-order valence-corrected chi connectivity index (χ3v) is 3.72. The molecule has 0 spiro atoms. The lowest BCUT2D eigenvalue weighted by molar-refractivity contribution is 0.0912. The quantitative estimate of drug-likeness (QED) is 0.858.